The molecule has 0 saturated carbocycles. The van der Waals surface area contributed by atoms with Crippen LogP contribution in [0.2, 0.25) is 0 Å². The summed E-state index contributed by atoms with van der Waals surface area (Å²) in [5.41, 5.74) is 6.66. The van der Waals surface area contributed by atoms with Crippen molar-refractivity contribution in [1.29, 1.82) is 0 Å². The Morgan fingerprint density at radius 1 is 1.29 bits per heavy atom. The van der Waals surface area contributed by atoms with Crippen LogP contribution in [0.25, 0.3) is 0 Å². The van der Waals surface area contributed by atoms with Crippen molar-refractivity contribution in [2.45, 2.75) is 25.8 Å². The molecule has 0 amide bonds. The van der Waals surface area contributed by atoms with Gasteiger partial charge < -0.3 is 10.6 Å². The number of nitrogens with zero attached hydrogens (tertiary/aromatic N) is 4. The number of hydrogen-bond acceptors (Lipinski definition) is 5. The first-order valence-corrected chi connectivity index (χ1v) is 6.32. The molecular weight excluding hydrogens is 214 g/mol. The molecule has 0 spiro atoms. The summed E-state index contributed by atoms with van der Waals surface area (Å²) in [5, 5.41) is 0. The van der Waals surface area contributed by atoms with Gasteiger partial charge in [0, 0.05) is 37.4 Å². The fourth-order valence-electron chi connectivity index (χ4n) is 2.94. The fraction of sp³-hybridized carbons (Fsp3) is 0.667. The van der Waals surface area contributed by atoms with Crippen LogP contribution < -0.4 is 10.6 Å². The Balaban J connectivity index is 1.80. The van der Waals surface area contributed by atoms with Gasteiger partial charge in [0.2, 0.25) is 5.95 Å². The van der Waals surface area contributed by atoms with Crippen molar-refractivity contribution >= 4 is 11.8 Å². The lowest BCUT2D eigenvalue weighted by Gasteiger charge is -2.38. The van der Waals surface area contributed by atoms with E-state index in [1.807, 2.05) is 13.0 Å². The van der Waals surface area contributed by atoms with Crippen molar-refractivity contribution in [3.8, 4) is 0 Å². The predicted molar refractivity (Wildman–Crippen MR) is 68.0 cm³/mol. The van der Waals surface area contributed by atoms with E-state index in [9.17, 15) is 0 Å². The van der Waals surface area contributed by atoms with Gasteiger partial charge in [-0.3, -0.25) is 4.90 Å². The third kappa shape index (κ3) is 2.07. The number of rotatable bonds is 1. The predicted octanol–water partition coefficient (Wildman–Crippen LogP) is 0.652. The number of aromatic nitrogens is 2. The number of fused-ring (bicyclic) bond motifs is 1. The molecule has 1 unspecified atom stereocenters. The molecule has 1 aromatic rings. The fourth-order valence-corrected chi connectivity index (χ4v) is 2.94. The lowest BCUT2D eigenvalue weighted by molar-refractivity contribution is 0.230. The molecule has 2 aliphatic heterocycles. The molecule has 2 aliphatic rings. The summed E-state index contributed by atoms with van der Waals surface area (Å²) in [4.78, 5) is 13.4. The lowest BCUT2D eigenvalue weighted by Crippen LogP contribution is -2.50. The van der Waals surface area contributed by atoms with E-state index in [4.69, 9.17) is 5.73 Å². The average Bonchev–Trinajstić information content (AvgIpc) is 2.74. The first-order chi connectivity index (χ1) is 8.22. The van der Waals surface area contributed by atoms with E-state index in [1.165, 1.54) is 19.4 Å². The van der Waals surface area contributed by atoms with E-state index in [0.717, 1.165) is 31.1 Å². The second kappa shape index (κ2) is 4.14. The minimum absolute atomic E-state index is 0.383. The van der Waals surface area contributed by atoms with Crippen molar-refractivity contribution in [3.63, 3.8) is 0 Å². The van der Waals surface area contributed by atoms with Gasteiger partial charge >= 0.3 is 0 Å². The SMILES string of the molecule is Cc1cc(N2CCN3CCCC3C2)nc(N)n1. The first kappa shape index (κ1) is 10.8. The van der Waals surface area contributed by atoms with Crippen LogP contribution in [-0.4, -0.2) is 47.1 Å². The van der Waals surface area contributed by atoms with Crippen LogP contribution in [0.1, 0.15) is 18.5 Å². The number of aryl methyl sites for hydroxylation is 1. The molecule has 0 bridgehead atoms. The third-order valence-electron chi connectivity index (χ3n) is 3.77. The Morgan fingerprint density at radius 2 is 2.18 bits per heavy atom. The van der Waals surface area contributed by atoms with Crippen molar-refractivity contribution in [1.82, 2.24) is 14.9 Å². The van der Waals surface area contributed by atoms with Crippen LogP contribution in [0.4, 0.5) is 11.8 Å². The smallest absolute Gasteiger partial charge is 0.222 e. The zero-order chi connectivity index (χ0) is 11.8. The van der Waals surface area contributed by atoms with Crippen molar-refractivity contribution < 1.29 is 0 Å². The Kier molecular flexibility index (Phi) is 2.63. The quantitative estimate of drug-likeness (QED) is 0.772. The molecule has 1 aromatic heterocycles. The van der Waals surface area contributed by atoms with Gasteiger partial charge in [0.25, 0.3) is 0 Å². The van der Waals surface area contributed by atoms with E-state index in [0.29, 0.717) is 12.0 Å². The maximum Gasteiger partial charge on any atom is 0.222 e. The van der Waals surface area contributed by atoms with E-state index < -0.39 is 0 Å². The van der Waals surface area contributed by atoms with E-state index >= 15 is 0 Å². The van der Waals surface area contributed by atoms with Gasteiger partial charge in [0.1, 0.15) is 5.82 Å². The van der Waals surface area contributed by atoms with E-state index in [1.54, 1.807) is 0 Å². The van der Waals surface area contributed by atoms with Crippen LogP contribution in [0.3, 0.4) is 0 Å². The Bertz CT molecular complexity index is 399. The van der Waals surface area contributed by atoms with Gasteiger partial charge in [-0.25, -0.2) is 4.98 Å². The third-order valence-corrected chi connectivity index (χ3v) is 3.77. The molecule has 17 heavy (non-hydrogen) atoms. The summed E-state index contributed by atoms with van der Waals surface area (Å²) >= 11 is 0. The summed E-state index contributed by atoms with van der Waals surface area (Å²) in [7, 11) is 0. The van der Waals surface area contributed by atoms with Gasteiger partial charge in [-0.15, -0.1) is 0 Å². The Hall–Kier alpha value is -1.36. The van der Waals surface area contributed by atoms with Crippen molar-refractivity contribution in [3.05, 3.63) is 11.8 Å². The highest BCUT2D eigenvalue weighted by atomic mass is 15.3. The molecule has 0 aliphatic carbocycles. The number of hydrogen-bond donors (Lipinski definition) is 1. The summed E-state index contributed by atoms with van der Waals surface area (Å²) < 4.78 is 0. The molecule has 3 heterocycles. The summed E-state index contributed by atoms with van der Waals surface area (Å²) in [6.45, 7) is 6.51. The number of nitrogen functional groups attached to an aromatic ring is 1. The normalized spacial score (nSPS) is 25.0. The van der Waals surface area contributed by atoms with Gasteiger partial charge in [-0.2, -0.15) is 4.98 Å². The molecule has 2 saturated heterocycles. The van der Waals surface area contributed by atoms with Crippen molar-refractivity contribution in [2.24, 2.45) is 0 Å². The molecule has 5 nitrogen and oxygen atoms in total. The molecule has 2 fully saturated rings. The molecule has 1 atom stereocenters. The van der Waals surface area contributed by atoms with Crippen LogP contribution in [0.15, 0.2) is 6.07 Å². The highest BCUT2D eigenvalue weighted by Gasteiger charge is 2.31. The molecule has 5 heteroatoms. The summed E-state index contributed by atoms with van der Waals surface area (Å²) in [5.74, 6) is 1.37. The van der Waals surface area contributed by atoms with Gasteiger partial charge in [0.05, 0.1) is 0 Å². The lowest BCUT2D eigenvalue weighted by atomic mass is 10.1. The number of anilines is 2. The first-order valence-electron chi connectivity index (χ1n) is 6.32. The second-order valence-electron chi connectivity index (χ2n) is 5.00. The largest absolute Gasteiger partial charge is 0.368 e. The summed E-state index contributed by atoms with van der Waals surface area (Å²) in [6, 6.07) is 2.74. The number of nitrogens with two attached hydrogens (primary N) is 1. The van der Waals surface area contributed by atoms with E-state index in [-0.39, 0.29) is 0 Å². The topological polar surface area (TPSA) is 58.3 Å². The van der Waals surface area contributed by atoms with Crippen LogP contribution in [0.5, 0.6) is 0 Å². The minimum atomic E-state index is 0.383. The van der Waals surface area contributed by atoms with Gasteiger partial charge in [-0.05, 0) is 26.3 Å². The standard InChI is InChI=1S/C12H19N5/c1-9-7-11(15-12(13)14-9)17-6-5-16-4-2-3-10(16)8-17/h7,10H,2-6,8H2,1H3,(H2,13,14,15). The number of piperazine rings is 1. The monoisotopic (exact) mass is 233 g/mol. The highest BCUT2D eigenvalue weighted by Crippen LogP contribution is 2.24. The van der Waals surface area contributed by atoms with E-state index in [2.05, 4.69) is 19.8 Å². The Morgan fingerprint density at radius 3 is 3.00 bits per heavy atom. The highest BCUT2D eigenvalue weighted by molar-refractivity contribution is 5.44. The van der Waals surface area contributed by atoms with Crippen LogP contribution >= 0.6 is 0 Å². The molecule has 3 rings (SSSR count). The van der Waals surface area contributed by atoms with Crippen molar-refractivity contribution in [2.75, 3.05) is 36.8 Å². The second-order valence-corrected chi connectivity index (χ2v) is 5.00. The van der Waals surface area contributed by atoms with Gasteiger partial charge in [-0.1, -0.05) is 0 Å². The van der Waals surface area contributed by atoms with Gasteiger partial charge in [0.15, 0.2) is 0 Å². The van der Waals surface area contributed by atoms with Crippen LogP contribution in [-0.2, 0) is 0 Å². The molecular formula is C12H19N5. The maximum atomic E-state index is 5.71. The molecule has 0 aromatic carbocycles. The zero-order valence-electron chi connectivity index (χ0n) is 10.3. The zero-order valence-corrected chi connectivity index (χ0v) is 10.3. The average molecular weight is 233 g/mol. The molecule has 92 valence electrons. The molecule has 0 radical (unpaired) electrons. The Labute approximate surface area is 102 Å². The maximum absolute atomic E-state index is 5.71. The van der Waals surface area contributed by atoms with Crippen LogP contribution in [0, 0.1) is 6.92 Å². The molecule has 2 N–H and O–H groups in total. The minimum Gasteiger partial charge on any atom is -0.368 e. The summed E-state index contributed by atoms with van der Waals surface area (Å²) in [6.07, 6.45) is 2.65.